The normalized spacial score (nSPS) is 16.2. The van der Waals surface area contributed by atoms with Gasteiger partial charge in [-0.15, -0.1) is 0 Å². The van der Waals surface area contributed by atoms with Gasteiger partial charge in [-0.05, 0) is 53.2 Å². The highest BCUT2D eigenvalue weighted by Crippen LogP contribution is 2.34. The molecule has 0 radical (unpaired) electrons. The first-order chi connectivity index (χ1) is 11.4. The van der Waals surface area contributed by atoms with Crippen LogP contribution >= 0.6 is 23.4 Å². The van der Waals surface area contributed by atoms with E-state index in [1.54, 1.807) is 18.2 Å². The Balaban J connectivity index is 1.82. The fourth-order valence-corrected chi connectivity index (χ4v) is 3.24. The fourth-order valence-electron chi connectivity index (χ4n) is 2.18. The van der Waals surface area contributed by atoms with E-state index in [0.717, 1.165) is 22.7 Å². The molecule has 1 heterocycles. The topological polar surface area (TPSA) is 57.6 Å². The van der Waals surface area contributed by atoms with Crippen LogP contribution in [-0.2, 0) is 11.3 Å². The molecule has 0 bridgehead atoms. The number of phenols is 1. The van der Waals surface area contributed by atoms with Crippen molar-refractivity contribution in [3.8, 4) is 5.75 Å². The Labute approximate surface area is 146 Å². The van der Waals surface area contributed by atoms with Crippen LogP contribution in [0.15, 0.2) is 47.4 Å². The Bertz CT molecular complexity index is 851. The van der Waals surface area contributed by atoms with Crippen LogP contribution in [0.4, 0.5) is 9.18 Å². The largest absolute Gasteiger partial charge is 0.508 e. The smallest absolute Gasteiger partial charge is 0.293 e. The van der Waals surface area contributed by atoms with E-state index in [-0.39, 0.29) is 22.2 Å². The SMILES string of the molecule is O=C1SC(=Cc2ccc(O)cc2)C(=O)N1Cc1ccc(F)cc1Cl. The van der Waals surface area contributed by atoms with E-state index in [1.165, 1.54) is 24.3 Å². The Morgan fingerprint density at radius 2 is 1.88 bits per heavy atom. The summed E-state index contributed by atoms with van der Waals surface area (Å²) in [7, 11) is 0. The van der Waals surface area contributed by atoms with Crippen molar-refractivity contribution in [2.75, 3.05) is 0 Å². The van der Waals surface area contributed by atoms with Crippen LogP contribution in [0.2, 0.25) is 5.02 Å². The molecule has 1 N–H and O–H groups in total. The van der Waals surface area contributed by atoms with E-state index in [4.69, 9.17) is 11.6 Å². The zero-order chi connectivity index (χ0) is 17.3. The Kier molecular flexibility index (Phi) is 4.59. The van der Waals surface area contributed by atoms with Gasteiger partial charge in [0.25, 0.3) is 11.1 Å². The van der Waals surface area contributed by atoms with Crippen LogP contribution in [0.1, 0.15) is 11.1 Å². The van der Waals surface area contributed by atoms with Crippen LogP contribution in [0, 0.1) is 5.82 Å². The number of aromatic hydroxyl groups is 1. The molecule has 2 aromatic rings. The van der Waals surface area contributed by atoms with E-state index >= 15 is 0 Å². The van der Waals surface area contributed by atoms with Crippen molar-refractivity contribution >= 4 is 40.6 Å². The van der Waals surface area contributed by atoms with Crippen molar-refractivity contribution in [1.82, 2.24) is 4.90 Å². The van der Waals surface area contributed by atoms with Crippen LogP contribution < -0.4 is 0 Å². The van der Waals surface area contributed by atoms with E-state index < -0.39 is 17.0 Å². The van der Waals surface area contributed by atoms with Crippen LogP contribution in [-0.4, -0.2) is 21.2 Å². The minimum absolute atomic E-state index is 0.0172. The second kappa shape index (κ2) is 6.67. The summed E-state index contributed by atoms with van der Waals surface area (Å²) in [6.45, 7) is -0.0172. The molecule has 2 amide bonds. The Morgan fingerprint density at radius 3 is 2.54 bits per heavy atom. The third kappa shape index (κ3) is 3.44. The molecule has 0 atom stereocenters. The summed E-state index contributed by atoms with van der Waals surface area (Å²) in [5.41, 5.74) is 1.18. The number of phenolic OH excluding ortho intramolecular Hbond substituents is 1. The predicted octanol–water partition coefficient (Wildman–Crippen LogP) is 4.42. The average molecular weight is 364 g/mol. The number of thioether (sulfide) groups is 1. The summed E-state index contributed by atoms with van der Waals surface area (Å²) in [6.07, 6.45) is 1.58. The predicted molar refractivity (Wildman–Crippen MR) is 91.0 cm³/mol. The quantitative estimate of drug-likeness (QED) is 0.820. The molecule has 3 rings (SSSR count). The molecule has 0 unspecified atom stereocenters. The van der Waals surface area contributed by atoms with Crippen molar-refractivity contribution in [2.24, 2.45) is 0 Å². The van der Waals surface area contributed by atoms with Gasteiger partial charge in [0.05, 0.1) is 11.4 Å². The van der Waals surface area contributed by atoms with Gasteiger partial charge in [-0.1, -0.05) is 29.8 Å². The molecule has 2 aromatic carbocycles. The standard InChI is InChI=1S/C17H11ClFNO3S/c18-14-8-12(19)4-3-11(14)9-20-16(22)15(24-17(20)23)7-10-1-5-13(21)6-2-10/h1-8,21H,9H2. The molecule has 1 aliphatic heterocycles. The summed E-state index contributed by atoms with van der Waals surface area (Å²) < 4.78 is 13.1. The number of carbonyl (C=O) groups excluding carboxylic acids is 2. The minimum atomic E-state index is -0.481. The number of nitrogens with zero attached hydrogens (tertiary/aromatic N) is 1. The molecular weight excluding hydrogens is 353 g/mol. The molecule has 0 spiro atoms. The summed E-state index contributed by atoms with van der Waals surface area (Å²) in [5.74, 6) is -0.796. The summed E-state index contributed by atoms with van der Waals surface area (Å²) in [5, 5.41) is 9.02. The van der Waals surface area contributed by atoms with Gasteiger partial charge in [0.1, 0.15) is 11.6 Å². The van der Waals surface area contributed by atoms with Crippen molar-refractivity contribution < 1.29 is 19.1 Å². The van der Waals surface area contributed by atoms with Crippen molar-refractivity contribution in [3.63, 3.8) is 0 Å². The Morgan fingerprint density at radius 1 is 1.17 bits per heavy atom. The first kappa shape index (κ1) is 16.5. The fraction of sp³-hybridized carbons (Fsp3) is 0.0588. The summed E-state index contributed by atoms with van der Waals surface area (Å²) >= 11 is 6.78. The lowest BCUT2D eigenvalue weighted by molar-refractivity contribution is -0.123. The second-order valence-corrected chi connectivity index (χ2v) is 6.50. The van der Waals surface area contributed by atoms with E-state index in [1.807, 2.05) is 0 Å². The van der Waals surface area contributed by atoms with Gasteiger partial charge in [0.15, 0.2) is 0 Å². The third-order valence-electron chi connectivity index (χ3n) is 3.41. The maximum Gasteiger partial charge on any atom is 0.293 e. The first-order valence-electron chi connectivity index (χ1n) is 6.92. The molecule has 0 aliphatic carbocycles. The molecule has 0 aromatic heterocycles. The van der Waals surface area contributed by atoms with Gasteiger partial charge in [-0.2, -0.15) is 0 Å². The molecule has 122 valence electrons. The van der Waals surface area contributed by atoms with Crippen LogP contribution in [0.25, 0.3) is 6.08 Å². The number of hydrogen-bond acceptors (Lipinski definition) is 4. The van der Waals surface area contributed by atoms with Gasteiger partial charge < -0.3 is 5.11 Å². The van der Waals surface area contributed by atoms with Crippen LogP contribution in [0.5, 0.6) is 5.75 Å². The highest BCUT2D eigenvalue weighted by Gasteiger charge is 2.35. The molecule has 24 heavy (non-hydrogen) atoms. The second-order valence-electron chi connectivity index (χ2n) is 5.10. The highest BCUT2D eigenvalue weighted by molar-refractivity contribution is 8.18. The number of imide groups is 1. The lowest BCUT2D eigenvalue weighted by atomic mass is 10.2. The van der Waals surface area contributed by atoms with E-state index in [2.05, 4.69) is 0 Å². The number of halogens is 2. The molecule has 4 nitrogen and oxygen atoms in total. The highest BCUT2D eigenvalue weighted by atomic mass is 35.5. The minimum Gasteiger partial charge on any atom is -0.508 e. The molecular formula is C17H11ClFNO3S. The molecule has 0 saturated carbocycles. The number of hydrogen-bond donors (Lipinski definition) is 1. The van der Waals surface area contributed by atoms with Gasteiger partial charge in [-0.3, -0.25) is 14.5 Å². The van der Waals surface area contributed by atoms with Crippen molar-refractivity contribution in [2.45, 2.75) is 6.54 Å². The van der Waals surface area contributed by atoms with Gasteiger partial charge in [-0.25, -0.2) is 4.39 Å². The maximum atomic E-state index is 13.1. The first-order valence-corrected chi connectivity index (χ1v) is 8.12. The van der Waals surface area contributed by atoms with Gasteiger partial charge >= 0.3 is 0 Å². The van der Waals surface area contributed by atoms with Gasteiger partial charge in [0, 0.05) is 5.02 Å². The van der Waals surface area contributed by atoms with Crippen molar-refractivity contribution in [3.05, 3.63) is 69.3 Å². The lowest BCUT2D eigenvalue weighted by Crippen LogP contribution is -2.27. The lowest BCUT2D eigenvalue weighted by Gasteiger charge is -2.13. The van der Waals surface area contributed by atoms with Gasteiger partial charge in [0.2, 0.25) is 0 Å². The third-order valence-corrected chi connectivity index (χ3v) is 4.67. The zero-order valence-electron chi connectivity index (χ0n) is 12.2. The molecule has 1 fully saturated rings. The number of rotatable bonds is 3. The Hall–Kier alpha value is -2.31. The zero-order valence-corrected chi connectivity index (χ0v) is 13.8. The van der Waals surface area contributed by atoms with E-state index in [9.17, 15) is 19.1 Å². The van der Waals surface area contributed by atoms with Crippen molar-refractivity contribution in [1.29, 1.82) is 0 Å². The summed E-state index contributed by atoms with van der Waals surface area (Å²) in [6, 6.07) is 10.1. The number of amides is 2. The van der Waals surface area contributed by atoms with Crippen LogP contribution in [0.3, 0.4) is 0 Å². The monoisotopic (exact) mass is 363 g/mol. The molecule has 1 aliphatic rings. The molecule has 7 heteroatoms. The van der Waals surface area contributed by atoms with E-state index in [0.29, 0.717) is 11.1 Å². The average Bonchev–Trinajstić information content (AvgIpc) is 2.79. The molecule has 1 saturated heterocycles. The maximum absolute atomic E-state index is 13.1. The number of carbonyl (C=O) groups is 2. The summed E-state index contributed by atoms with van der Waals surface area (Å²) in [4.78, 5) is 25.9. The number of benzene rings is 2.